The van der Waals surface area contributed by atoms with Crippen molar-refractivity contribution in [2.24, 2.45) is 0 Å². The Labute approximate surface area is 118 Å². The van der Waals surface area contributed by atoms with Crippen LogP contribution in [0.15, 0.2) is 54.6 Å². The van der Waals surface area contributed by atoms with Gasteiger partial charge in [-0.1, -0.05) is 30.3 Å². The Morgan fingerprint density at radius 2 is 1.65 bits per heavy atom. The number of hydrogen-bond acceptors (Lipinski definition) is 2. The summed E-state index contributed by atoms with van der Waals surface area (Å²) in [5.74, 6) is 1.06. The molecule has 2 aromatic carbocycles. The van der Waals surface area contributed by atoms with Crippen molar-refractivity contribution >= 4 is 11.0 Å². The van der Waals surface area contributed by atoms with Gasteiger partial charge in [0.15, 0.2) is 0 Å². The number of benzene rings is 2. The lowest BCUT2D eigenvalue weighted by Gasteiger charge is -2.08. The zero-order valence-corrected chi connectivity index (χ0v) is 11.4. The Hall–Kier alpha value is -2.13. The Kier molecular flexibility index (Phi) is 3.79. The first-order valence-electron chi connectivity index (χ1n) is 7.03. The van der Waals surface area contributed by atoms with E-state index < -0.39 is 0 Å². The van der Waals surface area contributed by atoms with Crippen LogP contribution in [0.25, 0.3) is 16.7 Å². The average molecular weight is 266 g/mol. The molecule has 1 aromatic heterocycles. The van der Waals surface area contributed by atoms with E-state index in [1.807, 2.05) is 36.4 Å². The normalized spacial score (nSPS) is 11.1. The molecule has 0 aliphatic heterocycles. The molecule has 3 rings (SSSR count). The monoisotopic (exact) mass is 266 g/mol. The third-order valence-electron chi connectivity index (χ3n) is 3.45. The van der Waals surface area contributed by atoms with Crippen LogP contribution in [0.5, 0.6) is 0 Å². The van der Waals surface area contributed by atoms with Crippen LogP contribution in [0.4, 0.5) is 0 Å². The summed E-state index contributed by atoms with van der Waals surface area (Å²) >= 11 is 0. The fraction of sp³-hybridized carbons (Fsp3) is 0.235. The Balaban J connectivity index is 2.09. The van der Waals surface area contributed by atoms with Gasteiger partial charge in [0.05, 0.1) is 11.0 Å². The third kappa shape index (κ3) is 2.45. The summed E-state index contributed by atoms with van der Waals surface area (Å²) in [4.78, 5) is 4.74. The van der Waals surface area contributed by atoms with E-state index >= 15 is 0 Å². The van der Waals surface area contributed by atoms with Gasteiger partial charge in [-0.15, -0.1) is 0 Å². The molecule has 3 aromatic rings. The molecule has 0 aliphatic carbocycles. The van der Waals surface area contributed by atoms with E-state index in [0.29, 0.717) is 0 Å². The van der Waals surface area contributed by atoms with E-state index in [9.17, 15) is 0 Å². The molecule has 20 heavy (non-hydrogen) atoms. The minimum atomic E-state index is 0.242. The van der Waals surface area contributed by atoms with Crippen LogP contribution in [0.2, 0.25) is 0 Å². The number of imidazole rings is 1. The summed E-state index contributed by atoms with van der Waals surface area (Å²) in [5.41, 5.74) is 3.30. The summed E-state index contributed by atoms with van der Waals surface area (Å²) in [6, 6.07) is 18.5. The van der Waals surface area contributed by atoms with E-state index in [2.05, 4.69) is 22.8 Å². The highest BCUT2D eigenvalue weighted by molar-refractivity contribution is 5.78. The topological polar surface area (TPSA) is 38.1 Å². The SMILES string of the molecule is OCCCCc1nc2ccccc2n1-c1ccccc1. The maximum absolute atomic E-state index is 8.94. The molecule has 3 heteroatoms. The van der Waals surface area contributed by atoms with Gasteiger partial charge in [-0.2, -0.15) is 0 Å². The van der Waals surface area contributed by atoms with Gasteiger partial charge >= 0.3 is 0 Å². The number of aromatic nitrogens is 2. The molecular formula is C17H18N2O. The molecular weight excluding hydrogens is 248 g/mol. The number of fused-ring (bicyclic) bond motifs is 1. The number of aryl methyl sites for hydroxylation is 1. The van der Waals surface area contributed by atoms with Crippen molar-refractivity contribution in [2.75, 3.05) is 6.61 Å². The zero-order chi connectivity index (χ0) is 13.8. The van der Waals surface area contributed by atoms with Crippen LogP contribution in [0, 0.1) is 0 Å². The van der Waals surface area contributed by atoms with Crippen LogP contribution < -0.4 is 0 Å². The van der Waals surface area contributed by atoms with Gasteiger partial charge in [0.1, 0.15) is 5.82 Å². The van der Waals surface area contributed by atoms with E-state index in [4.69, 9.17) is 10.1 Å². The Bertz CT molecular complexity index is 689. The lowest BCUT2D eigenvalue weighted by Crippen LogP contribution is -2.01. The van der Waals surface area contributed by atoms with Gasteiger partial charge in [-0.25, -0.2) is 4.98 Å². The van der Waals surface area contributed by atoms with Crippen LogP contribution in [0.1, 0.15) is 18.7 Å². The summed E-state index contributed by atoms with van der Waals surface area (Å²) in [5, 5.41) is 8.94. The molecule has 0 radical (unpaired) electrons. The Morgan fingerprint density at radius 3 is 2.45 bits per heavy atom. The second kappa shape index (κ2) is 5.88. The van der Waals surface area contributed by atoms with Crippen LogP contribution in [0.3, 0.4) is 0 Å². The van der Waals surface area contributed by atoms with Crippen molar-refractivity contribution < 1.29 is 5.11 Å². The molecule has 0 spiro atoms. The third-order valence-corrected chi connectivity index (χ3v) is 3.45. The smallest absolute Gasteiger partial charge is 0.114 e. The second-order valence-electron chi connectivity index (χ2n) is 4.87. The van der Waals surface area contributed by atoms with E-state index in [-0.39, 0.29) is 6.61 Å². The highest BCUT2D eigenvalue weighted by Crippen LogP contribution is 2.22. The van der Waals surface area contributed by atoms with Gasteiger partial charge in [-0.05, 0) is 37.1 Å². The molecule has 0 amide bonds. The quantitative estimate of drug-likeness (QED) is 0.719. The Morgan fingerprint density at radius 1 is 0.900 bits per heavy atom. The van der Waals surface area contributed by atoms with Crippen molar-refractivity contribution in [3.8, 4) is 5.69 Å². The van der Waals surface area contributed by atoms with Gasteiger partial charge in [0, 0.05) is 18.7 Å². The van der Waals surface area contributed by atoms with Gasteiger partial charge in [0.2, 0.25) is 0 Å². The van der Waals surface area contributed by atoms with Crippen molar-refractivity contribution in [2.45, 2.75) is 19.3 Å². The lowest BCUT2D eigenvalue weighted by atomic mass is 10.2. The fourth-order valence-corrected chi connectivity index (χ4v) is 2.50. The number of rotatable bonds is 5. The van der Waals surface area contributed by atoms with Crippen molar-refractivity contribution in [1.29, 1.82) is 0 Å². The van der Waals surface area contributed by atoms with Gasteiger partial charge in [0.25, 0.3) is 0 Å². The predicted octanol–water partition coefficient (Wildman–Crippen LogP) is 3.34. The maximum atomic E-state index is 8.94. The molecule has 0 atom stereocenters. The largest absolute Gasteiger partial charge is 0.396 e. The number of nitrogens with zero attached hydrogens (tertiary/aromatic N) is 2. The first-order chi connectivity index (χ1) is 9.90. The molecule has 3 nitrogen and oxygen atoms in total. The van der Waals surface area contributed by atoms with Gasteiger partial charge in [-0.3, -0.25) is 4.57 Å². The van der Waals surface area contributed by atoms with Gasteiger partial charge < -0.3 is 5.11 Å². The zero-order valence-electron chi connectivity index (χ0n) is 11.4. The molecule has 0 bridgehead atoms. The van der Waals surface area contributed by atoms with Crippen molar-refractivity contribution in [3.63, 3.8) is 0 Å². The van der Waals surface area contributed by atoms with Crippen molar-refractivity contribution in [3.05, 3.63) is 60.4 Å². The van der Waals surface area contributed by atoms with Crippen LogP contribution in [-0.2, 0) is 6.42 Å². The molecule has 0 aliphatic rings. The molecule has 1 N–H and O–H groups in total. The van der Waals surface area contributed by atoms with Crippen molar-refractivity contribution in [1.82, 2.24) is 9.55 Å². The molecule has 0 fully saturated rings. The number of unbranched alkanes of at least 4 members (excludes halogenated alkanes) is 1. The highest BCUT2D eigenvalue weighted by Gasteiger charge is 2.11. The molecule has 0 saturated carbocycles. The molecule has 102 valence electrons. The van der Waals surface area contributed by atoms with Crippen LogP contribution >= 0.6 is 0 Å². The van der Waals surface area contributed by atoms with E-state index in [1.54, 1.807) is 0 Å². The summed E-state index contributed by atoms with van der Waals surface area (Å²) in [6.45, 7) is 0.242. The lowest BCUT2D eigenvalue weighted by molar-refractivity contribution is 0.284. The maximum Gasteiger partial charge on any atom is 0.114 e. The number of aliphatic hydroxyl groups excluding tert-OH is 1. The minimum absolute atomic E-state index is 0.242. The summed E-state index contributed by atoms with van der Waals surface area (Å²) < 4.78 is 2.21. The number of para-hydroxylation sites is 3. The first-order valence-corrected chi connectivity index (χ1v) is 7.03. The van der Waals surface area contributed by atoms with E-state index in [1.165, 1.54) is 0 Å². The number of hydrogen-bond donors (Lipinski definition) is 1. The standard InChI is InChI=1S/C17H18N2O/c20-13-7-6-12-17-18-15-10-4-5-11-16(15)19(17)14-8-2-1-3-9-14/h1-5,8-11,20H,6-7,12-13H2. The van der Waals surface area contributed by atoms with E-state index in [0.717, 1.165) is 41.8 Å². The molecule has 1 heterocycles. The molecule has 0 unspecified atom stereocenters. The second-order valence-corrected chi connectivity index (χ2v) is 4.87. The number of aliphatic hydroxyl groups is 1. The highest BCUT2D eigenvalue weighted by atomic mass is 16.2. The summed E-state index contributed by atoms with van der Waals surface area (Å²) in [6.07, 6.45) is 2.65. The van der Waals surface area contributed by atoms with Crippen LogP contribution in [-0.4, -0.2) is 21.3 Å². The average Bonchev–Trinajstić information content (AvgIpc) is 2.86. The summed E-state index contributed by atoms with van der Waals surface area (Å²) in [7, 11) is 0. The minimum Gasteiger partial charge on any atom is -0.396 e. The fourth-order valence-electron chi connectivity index (χ4n) is 2.50. The first kappa shape index (κ1) is 12.9. The molecule has 0 saturated heterocycles. The predicted molar refractivity (Wildman–Crippen MR) is 81.1 cm³/mol.